The van der Waals surface area contributed by atoms with Gasteiger partial charge in [-0.05, 0) is 50.0 Å². The van der Waals surface area contributed by atoms with Gasteiger partial charge in [0.25, 0.3) is 0 Å². The van der Waals surface area contributed by atoms with Crippen molar-refractivity contribution in [3.63, 3.8) is 0 Å². The molecule has 0 unspecified atom stereocenters. The second-order valence-corrected chi connectivity index (χ2v) is 5.94. The van der Waals surface area contributed by atoms with Gasteiger partial charge in [-0.3, -0.25) is 0 Å². The van der Waals surface area contributed by atoms with Crippen LogP contribution in [0, 0.1) is 4.51 Å². The summed E-state index contributed by atoms with van der Waals surface area (Å²) in [7, 11) is 0. The Morgan fingerprint density at radius 1 is 0.960 bits per heavy atom. The van der Waals surface area contributed by atoms with E-state index in [0.29, 0.717) is 0 Å². The Hall–Kier alpha value is -2.45. The first-order valence-corrected chi connectivity index (χ1v) is 8.88. The van der Waals surface area contributed by atoms with Crippen molar-refractivity contribution in [2.45, 2.75) is 26.7 Å². The molecule has 1 heterocycles. The van der Waals surface area contributed by atoms with Crippen LogP contribution in [0.4, 0.5) is 0 Å². The van der Waals surface area contributed by atoms with Crippen LogP contribution in [0.3, 0.4) is 0 Å². The third-order valence-electron chi connectivity index (χ3n) is 3.23. The zero-order valence-corrected chi connectivity index (χ0v) is 16.0. The second-order valence-electron chi connectivity index (χ2n) is 5.47. The highest BCUT2D eigenvalue weighted by atomic mass is 32.1. The van der Waals surface area contributed by atoms with Crippen molar-refractivity contribution >= 4 is 17.8 Å². The van der Waals surface area contributed by atoms with Crippen molar-refractivity contribution in [2.75, 3.05) is 0 Å². The van der Waals surface area contributed by atoms with Gasteiger partial charge in [0.2, 0.25) is 0 Å². The molecule has 2 heteroatoms. The molecule has 0 atom stereocenters. The number of H-pyrrole nitrogens is 1. The summed E-state index contributed by atoms with van der Waals surface area (Å²) < 4.78 is 0.868. The number of nitrogens with one attached hydrogen (secondary N) is 1. The van der Waals surface area contributed by atoms with Crippen LogP contribution in [0.1, 0.15) is 32.4 Å². The van der Waals surface area contributed by atoms with Crippen LogP contribution < -0.4 is 0 Å². The van der Waals surface area contributed by atoms with Crippen LogP contribution in [0.15, 0.2) is 86.0 Å². The van der Waals surface area contributed by atoms with Crippen LogP contribution in [-0.2, 0) is 0 Å². The Bertz CT molecular complexity index is 773. The number of hydrogen-bond acceptors (Lipinski definition) is 1. The molecular weight excluding hydrogens is 322 g/mol. The second kappa shape index (κ2) is 12.0. The molecule has 0 fully saturated rings. The zero-order chi connectivity index (χ0) is 18.5. The molecule has 25 heavy (non-hydrogen) atoms. The quantitative estimate of drug-likeness (QED) is 0.437. The van der Waals surface area contributed by atoms with E-state index in [1.54, 1.807) is 12.2 Å². The monoisotopic (exact) mass is 349 g/mol. The number of aromatic amines is 1. The highest BCUT2D eigenvalue weighted by Crippen LogP contribution is 2.24. The summed E-state index contributed by atoms with van der Waals surface area (Å²) in [4.78, 5) is 3.49. The van der Waals surface area contributed by atoms with E-state index in [1.807, 2.05) is 44.2 Å². The van der Waals surface area contributed by atoms with Gasteiger partial charge in [-0.1, -0.05) is 72.9 Å². The molecule has 0 saturated carbocycles. The van der Waals surface area contributed by atoms with Gasteiger partial charge in [-0.25, -0.2) is 0 Å². The van der Waals surface area contributed by atoms with Crippen LogP contribution in [0.2, 0.25) is 0 Å². The Kier molecular flexibility index (Phi) is 9.88. The molecule has 1 nitrogen and oxygen atoms in total. The molecule has 0 radical (unpaired) electrons. The van der Waals surface area contributed by atoms with Crippen LogP contribution in [0.5, 0.6) is 0 Å². The average molecular weight is 350 g/mol. The molecule has 1 aliphatic rings. The highest BCUT2D eigenvalue weighted by Gasteiger charge is 2.04. The van der Waals surface area contributed by atoms with Gasteiger partial charge >= 0.3 is 0 Å². The summed E-state index contributed by atoms with van der Waals surface area (Å²) in [6.07, 6.45) is 12.4. The third kappa shape index (κ3) is 7.32. The predicted molar refractivity (Wildman–Crippen MR) is 115 cm³/mol. The molecule has 1 aromatic carbocycles. The lowest BCUT2D eigenvalue weighted by molar-refractivity contribution is 1.04. The lowest BCUT2D eigenvalue weighted by Gasteiger charge is -2.10. The van der Waals surface area contributed by atoms with Gasteiger partial charge in [0.05, 0.1) is 0 Å². The van der Waals surface area contributed by atoms with Crippen molar-refractivity contribution in [1.29, 1.82) is 0 Å². The molecule has 0 aliphatic heterocycles. The smallest absolute Gasteiger partial charge is 0.0472 e. The minimum Gasteiger partial charge on any atom is -0.354 e. The molecular formula is C23H27NS. The summed E-state index contributed by atoms with van der Waals surface area (Å²) in [5, 5.41) is 0. The van der Waals surface area contributed by atoms with E-state index < -0.39 is 0 Å². The van der Waals surface area contributed by atoms with E-state index in [0.717, 1.165) is 34.3 Å². The minimum absolute atomic E-state index is 0.868. The maximum atomic E-state index is 5.39. The molecule has 0 spiro atoms. The van der Waals surface area contributed by atoms with Crippen molar-refractivity contribution in [1.82, 2.24) is 4.98 Å². The molecule has 1 aliphatic carbocycles. The SMILES string of the molecule is C=CC.C=CC.S=c1cc(C2=CCCC=C2)[nH]c(-c2ccccc2)c1. The maximum Gasteiger partial charge on any atom is 0.0472 e. The van der Waals surface area contributed by atoms with E-state index in [1.165, 1.54) is 5.57 Å². The molecule has 1 aromatic heterocycles. The topological polar surface area (TPSA) is 15.8 Å². The molecule has 3 rings (SSSR count). The van der Waals surface area contributed by atoms with Crippen LogP contribution >= 0.6 is 12.2 Å². The zero-order valence-electron chi connectivity index (χ0n) is 15.2. The van der Waals surface area contributed by atoms with Crippen molar-refractivity contribution in [3.8, 4) is 11.3 Å². The Balaban J connectivity index is 0.000000460. The van der Waals surface area contributed by atoms with Crippen molar-refractivity contribution in [2.24, 2.45) is 0 Å². The largest absolute Gasteiger partial charge is 0.354 e. The first-order valence-electron chi connectivity index (χ1n) is 8.47. The molecule has 130 valence electrons. The van der Waals surface area contributed by atoms with Gasteiger partial charge < -0.3 is 4.98 Å². The van der Waals surface area contributed by atoms with E-state index in [2.05, 4.69) is 48.5 Å². The number of benzene rings is 1. The Morgan fingerprint density at radius 2 is 1.56 bits per heavy atom. The van der Waals surface area contributed by atoms with Gasteiger partial charge in [-0.15, -0.1) is 13.2 Å². The number of rotatable bonds is 2. The van der Waals surface area contributed by atoms with E-state index in [-0.39, 0.29) is 0 Å². The fourth-order valence-corrected chi connectivity index (χ4v) is 2.52. The summed E-state index contributed by atoms with van der Waals surface area (Å²) in [6, 6.07) is 14.3. The number of allylic oxidation sites excluding steroid dienone is 6. The van der Waals surface area contributed by atoms with E-state index in [4.69, 9.17) is 12.2 Å². The van der Waals surface area contributed by atoms with Gasteiger partial charge in [-0.2, -0.15) is 0 Å². The summed E-state index contributed by atoms with van der Waals surface area (Å²) >= 11 is 5.39. The summed E-state index contributed by atoms with van der Waals surface area (Å²) in [5.74, 6) is 0. The third-order valence-corrected chi connectivity index (χ3v) is 3.47. The molecule has 0 saturated heterocycles. The first-order chi connectivity index (χ1) is 12.2. The van der Waals surface area contributed by atoms with Gasteiger partial charge in [0.15, 0.2) is 0 Å². The number of pyridine rings is 1. The number of hydrogen-bond donors (Lipinski definition) is 1. The first kappa shape index (κ1) is 20.6. The lowest BCUT2D eigenvalue weighted by Crippen LogP contribution is -1.93. The average Bonchev–Trinajstić information content (AvgIpc) is 2.64. The standard InChI is InChI=1S/C17H15NS.2C3H6/c19-15-11-16(13-7-3-1-4-8-13)18-17(12-15)14-9-5-2-6-10-14;2*1-3-2/h1,3-5,7-12H,2,6H2,(H,18,19);2*3H,1H2,2H3. The fraction of sp³-hybridized carbons (Fsp3) is 0.174. The van der Waals surface area contributed by atoms with Gasteiger partial charge in [0, 0.05) is 15.9 Å². The normalized spacial score (nSPS) is 11.8. The molecule has 0 bridgehead atoms. The lowest BCUT2D eigenvalue weighted by atomic mass is 10.0. The molecule has 2 aromatic rings. The summed E-state index contributed by atoms with van der Waals surface area (Å²) in [6.45, 7) is 10.5. The minimum atomic E-state index is 0.868. The molecule has 0 amide bonds. The highest BCUT2D eigenvalue weighted by molar-refractivity contribution is 7.71. The van der Waals surface area contributed by atoms with Crippen molar-refractivity contribution < 1.29 is 0 Å². The fourth-order valence-electron chi connectivity index (χ4n) is 2.29. The Morgan fingerprint density at radius 3 is 2.12 bits per heavy atom. The van der Waals surface area contributed by atoms with E-state index in [9.17, 15) is 0 Å². The van der Waals surface area contributed by atoms with Gasteiger partial charge in [0.1, 0.15) is 0 Å². The molecule has 1 N–H and O–H groups in total. The summed E-state index contributed by atoms with van der Waals surface area (Å²) in [5.41, 5.74) is 4.57. The maximum absolute atomic E-state index is 5.39. The Labute approximate surface area is 157 Å². The predicted octanol–water partition coefficient (Wildman–Crippen LogP) is 7.53. The van der Waals surface area contributed by atoms with E-state index >= 15 is 0 Å². The number of aromatic nitrogens is 1. The van der Waals surface area contributed by atoms with Crippen molar-refractivity contribution in [3.05, 3.63) is 96.2 Å². The van der Waals surface area contributed by atoms with Crippen LogP contribution in [0.25, 0.3) is 16.8 Å². The van der Waals surface area contributed by atoms with Crippen LogP contribution in [-0.4, -0.2) is 4.98 Å².